The summed E-state index contributed by atoms with van der Waals surface area (Å²) in [6.45, 7) is 2.72. The molecule has 0 spiro atoms. The van der Waals surface area contributed by atoms with Gasteiger partial charge in [0.05, 0.1) is 67.7 Å². The van der Waals surface area contributed by atoms with Gasteiger partial charge in [-0.2, -0.15) is 0 Å². The Morgan fingerprint density at radius 2 is 1.13 bits per heavy atom. The average molecular weight is 1040 g/mol. The first-order valence-corrected chi connectivity index (χ1v) is 26.1. The van der Waals surface area contributed by atoms with Gasteiger partial charge in [-0.25, -0.2) is 4.98 Å². The van der Waals surface area contributed by atoms with E-state index in [1.165, 1.54) is 28.8 Å². The highest BCUT2D eigenvalue weighted by atomic mass is 28.3. The van der Waals surface area contributed by atoms with Crippen LogP contribution in [-0.4, -0.2) is 22.2 Å². The predicted octanol–water partition coefficient (Wildman–Crippen LogP) is 14.3. The van der Waals surface area contributed by atoms with E-state index < -0.39 is 187 Å². The zero-order valence-corrected chi connectivity index (χ0v) is 42.2. The van der Waals surface area contributed by atoms with Crippen molar-refractivity contribution in [2.75, 3.05) is 0 Å². The van der Waals surface area contributed by atoms with Crippen LogP contribution in [0.2, 0.25) is 0 Å². The van der Waals surface area contributed by atoms with Gasteiger partial charge in [-0.05, 0) is 103 Å². The van der Waals surface area contributed by atoms with Crippen molar-refractivity contribution < 1.29 is 47.7 Å². The molecule has 0 atom stereocenters. The van der Waals surface area contributed by atoms with Gasteiger partial charge in [0.1, 0.15) is 17.3 Å². The van der Waals surface area contributed by atoms with Crippen LogP contribution in [0.1, 0.15) is 70.3 Å². The van der Waals surface area contributed by atoms with Crippen molar-refractivity contribution in [3.05, 3.63) is 284 Å². The van der Waals surface area contributed by atoms with E-state index in [0.717, 1.165) is 6.20 Å². The number of fused-ring (bicyclic) bond motifs is 4. The van der Waals surface area contributed by atoms with E-state index >= 15 is 0 Å². The quantitative estimate of drug-likeness (QED) is 0.0560. The highest BCUT2D eigenvalue weighted by Gasteiger charge is 2.41. The third-order valence-electron chi connectivity index (χ3n) is 13.4. The second-order valence-corrected chi connectivity index (χ2v) is 22.5. The van der Waals surface area contributed by atoms with Crippen LogP contribution in [-0.2, 0) is 5.41 Å². The maximum absolute atomic E-state index is 9.79. The number of hydrogen-bond donors (Lipinski definition) is 0. The Hall–Kier alpha value is -9.36. The summed E-state index contributed by atoms with van der Waals surface area (Å²) in [5.74, 6) is 0.405. The van der Waals surface area contributed by atoms with E-state index in [4.69, 9.17) is 37.1 Å². The molecule has 0 bridgehead atoms. The lowest BCUT2D eigenvalue weighted by Gasteiger charge is -2.34. The molecule has 0 fully saturated rings. The molecule has 13 aromatic rings. The van der Waals surface area contributed by atoms with E-state index in [2.05, 4.69) is 6.33 Å². The lowest BCUT2D eigenvalue weighted by molar-refractivity contribution is -0.572. The van der Waals surface area contributed by atoms with Crippen LogP contribution < -0.4 is 30.1 Å². The van der Waals surface area contributed by atoms with Crippen LogP contribution in [0.25, 0.3) is 72.3 Å². The lowest BCUT2D eigenvalue weighted by Crippen LogP contribution is -2.74. The summed E-state index contributed by atoms with van der Waals surface area (Å²) in [5.41, 5.74) is 0.259. The number of pyridine rings is 1. The molecule has 370 valence electrons. The number of aromatic nitrogens is 4. The molecule has 0 amide bonds. The van der Waals surface area contributed by atoms with E-state index in [0.29, 0.717) is 27.4 Å². The first-order chi connectivity index (χ1) is 49.3. The van der Waals surface area contributed by atoms with Crippen molar-refractivity contribution in [2.24, 2.45) is 0 Å². The van der Waals surface area contributed by atoms with Crippen molar-refractivity contribution in [2.45, 2.75) is 33.0 Å². The number of ether oxygens (including phenoxy) is 1. The number of benzene rings is 10. The first kappa shape index (κ1) is 25.9. The number of rotatable bonds is 11. The topological polar surface area (TPSA) is 35.9 Å². The van der Waals surface area contributed by atoms with Gasteiger partial charge in [0.15, 0.2) is 8.07 Å². The summed E-state index contributed by atoms with van der Waals surface area (Å²) in [4.78, 5) is 4.70. The second-order valence-electron chi connectivity index (χ2n) is 18.9. The fraction of sp³-hybridized carbons (Fsp3) is 0.0704. The Balaban J connectivity index is 1.11. The van der Waals surface area contributed by atoms with Gasteiger partial charge >= 0.3 is 0 Å². The summed E-state index contributed by atoms with van der Waals surface area (Å²) in [7, 11) is -5.78. The van der Waals surface area contributed by atoms with Crippen molar-refractivity contribution in [3.63, 3.8) is 0 Å². The van der Waals surface area contributed by atoms with Crippen LogP contribution in [0.15, 0.2) is 266 Å². The molecule has 77 heavy (non-hydrogen) atoms. The number of nitrogens with zero attached hydrogens (tertiary/aromatic N) is 4. The average Bonchev–Trinajstić information content (AvgIpc) is 0.701. The minimum atomic E-state index is -5.78. The standard InChI is InChI=1S/C71H56N4OSi/c1-50-44-69(72-48-63(50)52-26-12-6-13-27-52)75-65-39-21-20-36-61(65)62-42-40-55(46-67(62)75)76-54-29-22-28-53(45-54)73-49-74(70-60(51-24-10-5-11-25-51)37-23-38-64(70)71(2,3)4)66-43-41-59(47-68(66)73)77(56-30-14-7-15-31-56,57-32-16-8-17-33-57)58-34-18-9-19-35-58/h5-48H,1-4H3/i1D3,5D,6D,7D,8D,9D,10D,11D,12D,13D,14D,15D,16D,17D,18D,19D,24D,25D,26D,27D,30D,31D,32D,33D,34D,35D. The molecular weight excluding hydrogens is 953 g/mol. The van der Waals surface area contributed by atoms with Gasteiger partial charge in [-0.1, -0.05) is 232 Å². The van der Waals surface area contributed by atoms with Crippen LogP contribution in [0.5, 0.6) is 11.5 Å². The summed E-state index contributed by atoms with van der Waals surface area (Å²) in [6, 6.07) is 8.34. The van der Waals surface area contributed by atoms with Gasteiger partial charge in [-0.15, -0.1) is 0 Å². The van der Waals surface area contributed by atoms with Crippen molar-refractivity contribution in [1.82, 2.24) is 14.1 Å². The van der Waals surface area contributed by atoms with Crippen LogP contribution in [0.3, 0.4) is 0 Å². The molecule has 0 radical (unpaired) electrons. The fourth-order valence-corrected chi connectivity index (χ4v) is 13.8. The van der Waals surface area contributed by atoms with Crippen LogP contribution >= 0.6 is 0 Å². The second kappa shape index (κ2) is 19.4. The SMILES string of the molecule is [2H]c1c([2H])c([2H])c(-c2cnc(-n3c4ccccc4c4ccc(Oc5cccc(-n6[c-][n+](-c7c(-c8c([2H])c([2H])c([2H])c([2H])c8[2H])cccc7C(C)(C)C)c7ccc([Si](c8c([2H])c([2H])c([2H])c([2H])c8[2H])(c8c([2H])c([2H])c([2H])c([2H])c8[2H])c8c([2H])c([2H])c([2H])c([2H])c8[2H])cc76)c5)cc43)cc2C([2H])([2H])[2H])c([2H])c1[2H]. The molecule has 5 nitrogen and oxygen atoms in total. The highest BCUT2D eigenvalue weighted by molar-refractivity contribution is 7.20. The Labute approximate surface area is 490 Å². The number of aryl methyl sites for hydroxylation is 1. The molecule has 0 unspecified atom stereocenters. The molecule has 0 aliphatic carbocycles. The van der Waals surface area contributed by atoms with Gasteiger partial charge in [0, 0.05) is 32.7 Å². The zero-order valence-electron chi connectivity index (χ0n) is 69.2. The van der Waals surface area contributed by atoms with Crippen molar-refractivity contribution in [1.29, 1.82) is 0 Å². The van der Waals surface area contributed by atoms with E-state index in [9.17, 15) is 11.0 Å². The van der Waals surface area contributed by atoms with Crippen LogP contribution in [0, 0.1) is 13.2 Å². The molecule has 0 N–H and O–H groups in total. The third kappa shape index (κ3) is 8.35. The van der Waals surface area contributed by atoms with Gasteiger partial charge < -0.3 is 4.74 Å². The Morgan fingerprint density at radius 1 is 0.532 bits per heavy atom. The van der Waals surface area contributed by atoms with Crippen molar-refractivity contribution in [3.8, 4) is 50.9 Å². The van der Waals surface area contributed by atoms with Crippen LogP contribution in [0.4, 0.5) is 0 Å². The third-order valence-corrected chi connectivity index (χ3v) is 17.6. The molecule has 10 aromatic carbocycles. The number of para-hydroxylation sites is 2. The smallest absolute Gasteiger partial charge is 0.269 e. The minimum Gasteiger partial charge on any atom is -0.458 e. The molecule has 13 rings (SSSR count). The molecule has 0 aliphatic heterocycles. The molecule has 0 saturated carbocycles. The summed E-state index contributed by atoms with van der Waals surface area (Å²) >= 11 is 0. The monoisotopic (exact) mass is 1040 g/mol. The molecule has 6 heteroatoms. The first-order valence-electron chi connectivity index (χ1n) is 38.1. The van der Waals surface area contributed by atoms with Gasteiger partial charge in [-0.3, -0.25) is 13.7 Å². The number of imidazole rings is 1. The van der Waals surface area contributed by atoms with E-state index in [-0.39, 0.29) is 72.7 Å². The Bertz CT molecular complexity index is 5650. The molecule has 0 saturated heterocycles. The summed E-state index contributed by atoms with van der Waals surface area (Å²) in [5, 5.41) is -1.12. The van der Waals surface area contributed by atoms with Crippen molar-refractivity contribution >= 4 is 61.7 Å². The zero-order chi connectivity index (χ0) is 76.3. The normalized spacial score (nSPS) is 17.2. The minimum absolute atomic E-state index is 0.0248. The Kier molecular flexibility index (Phi) is 6.53. The maximum atomic E-state index is 9.79. The van der Waals surface area contributed by atoms with E-state index in [1.54, 1.807) is 88.0 Å². The number of hydrogen-bond acceptors (Lipinski definition) is 2. The maximum Gasteiger partial charge on any atom is 0.269 e. The summed E-state index contributed by atoms with van der Waals surface area (Å²) < 4.78 is 265. The predicted molar refractivity (Wildman–Crippen MR) is 320 cm³/mol. The van der Waals surface area contributed by atoms with E-state index in [1.807, 2.05) is 26.8 Å². The summed E-state index contributed by atoms with van der Waals surface area (Å²) in [6.07, 6.45) is 4.59. The lowest BCUT2D eigenvalue weighted by atomic mass is 9.83. The Morgan fingerprint density at radius 3 is 1.78 bits per heavy atom. The fourth-order valence-electron chi connectivity index (χ4n) is 10.0. The molecule has 3 heterocycles. The van der Waals surface area contributed by atoms with Gasteiger partial charge in [0.25, 0.3) is 6.33 Å². The largest absolute Gasteiger partial charge is 0.458 e. The highest BCUT2D eigenvalue weighted by Crippen LogP contribution is 2.38. The molecular formula is C71H56N4OSi. The molecule has 0 aliphatic rings. The molecule has 3 aromatic heterocycles. The van der Waals surface area contributed by atoms with Gasteiger partial charge in [0.2, 0.25) is 0 Å².